The van der Waals surface area contributed by atoms with E-state index >= 15 is 0 Å². The van der Waals surface area contributed by atoms with E-state index in [1.165, 1.54) is 0 Å². The van der Waals surface area contributed by atoms with Gasteiger partial charge >= 0.3 is 19.8 Å². The summed E-state index contributed by atoms with van der Waals surface area (Å²) in [6.45, 7) is -0.286. The van der Waals surface area contributed by atoms with Crippen LogP contribution in [0.25, 0.3) is 0 Å². The van der Waals surface area contributed by atoms with E-state index in [0.29, 0.717) is 5.56 Å². The van der Waals surface area contributed by atoms with Gasteiger partial charge in [-0.05, 0) is 48.5 Å². The molecule has 1 heterocycles. The molecule has 1 saturated heterocycles. The fourth-order valence-corrected chi connectivity index (χ4v) is 6.34. The van der Waals surface area contributed by atoms with Crippen LogP contribution in [0.3, 0.4) is 0 Å². The molecule has 11 heteroatoms. The van der Waals surface area contributed by atoms with Crippen LogP contribution in [0.4, 0.5) is 0 Å². The van der Waals surface area contributed by atoms with Crippen molar-refractivity contribution in [3.05, 3.63) is 132 Å². The molecule has 0 amide bonds. The highest BCUT2D eigenvalue weighted by Gasteiger charge is 2.52. The zero-order chi connectivity index (χ0) is 29.4. The zero-order valence-corrected chi connectivity index (χ0v) is 24.5. The van der Waals surface area contributed by atoms with Crippen LogP contribution in [0, 0.1) is 0 Å². The first-order valence-electron chi connectivity index (χ1n) is 13.0. The number of para-hydroxylation sites is 2. The third-order valence-corrected chi connectivity index (χ3v) is 8.17. The van der Waals surface area contributed by atoms with Gasteiger partial charge in [-0.15, -0.1) is 0 Å². The Labute approximate surface area is 251 Å². The maximum Gasteiger partial charge on any atom is 0.588 e. The second-order valence-corrected chi connectivity index (χ2v) is 11.4. The number of carbonyl (C=O) groups is 2. The van der Waals surface area contributed by atoms with Gasteiger partial charge in [0.05, 0.1) is 11.1 Å². The van der Waals surface area contributed by atoms with Gasteiger partial charge in [0, 0.05) is 0 Å². The lowest BCUT2D eigenvalue weighted by Crippen LogP contribution is -2.40. The van der Waals surface area contributed by atoms with Crippen LogP contribution in [0.5, 0.6) is 11.5 Å². The fraction of sp³-hybridized carbons (Fsp3) is 0.161. The molecule has 0 radical (unpaired) electrons. The minimum atomic E-state index is -4.42. The Bertz CT molecular complexity index is 1460. The predicted octanol–water partition coefficient (Wildman–Crippen LogP) is 6.84. The molecule has 0 unspecified atom stereocenters. The van der Waals surface area contributed by atoms with Crippen LogP contribution in [0.2, 0.25) is 0 Å². The van der Waals surface area contributed by atoms with Gasteiger partial charge in [-0.2, -0.15) is 0 Å². The smallest absolute Gasteiger partial charge is 0.459 e. The third-order valence-electron chi connectivity index (χ3n) is 6.07. The van der Waals surface area contributed by atoms with E-state index in [1.807, 2.05) is 0 Å². The molecule has 0 N–H and O–H groups in total. The van der Waals surface area contributed by atoms with E-state index in [0.717, 1.165) is 0 Å². The molecule has 4 atom stereocenters. The van der Waals surface area contributed by atoms with Gasteiger partial charge in [0.25, 0.3) is 0 Å². The SMILES string of the molecule is O=C(OC[C@H]1O[C@H](Br)[C@H](OP(=O)(Oc2ccccc2)Oc2ccccc2)[C@@H]1OC(=O)c1ccccc1)c1ccccc1. The van der Waals surface area contributed by atoms with Crippen molar-refractivity contribution in [3.8, 4) is 11.5 Å². The average Bonchev–Trinajstić information content (AvgIpc) is 3.30. The van der Waals surface area contributed by atoms with Crippen LogP contribution in [0.1, 0.15) is 20.7 Å². The molecule has 4 aromatic rings. The van der Waals surface area contributed by atoms with Crippen LogP contribution < -0.4 is 9.05 Å². The first kappa shape index (κ1) is 29.5. The first-order valence-corrected chi connectivity index (χ1v) is 15.3. The Kier molecular flexibility index (Phi) is 9.71. The highest BCUT2D eigenvalue weighted by atomic mass is 79.9. The molecule has 0 bridgehead atoms. The Morgan fingerprint density at radius 1 is 0.667 bits per heavy atom. The highest BCUT2D eigenvalue weighted by Crippen LogP contribution is 2.53. The van der Waals surface area contributed by atoms with Gasteiger partial charge < -0.3 is 23.3 Å². The second-order valence-electron chi connectivity index (χ2n) is 9.05. The van der Waals surface area contributed by atoms with Crippen molar-refractivity contribution >= 4 is 35.7 Å². The molecule has 5 rings (SSSR count). The maximum absolute atomic E-state index is 14.1. The van der Waals surface area contributed by atoms with Gasteiger partial charge in [-0.1, -0.05) is 88.7 Å². The number of hydrogen-bond acceptors (Lipinski definition) is 9. The molecule has 0 spiro atoms. The molecule has 0 saturated carbocycles. The van der Waals surface area contributed by atoms with E-state index in [4.69, 9.17) is 27.8 Å². The highest BCUT2D eigenvalue weighted by molar-refractivity contribution is 9.09. The molecule has 0 aromatic heterocycles. The Hall–Kier alpha value is -3.95. The fourth-order valence-electron chi connectivity index (χ4n) is 4.08. The summed E-state index contributed by atoms with van der Waals surface area (Å²) in [5.74, 6) is -0.809. The number of phosphoric ester groups is 1. The Morgan fingerprint density at radius 2 is 1.12 bits per heavy atom. The van der Waals surface area contributed by atoms with Gasteiger partial charge in [-0.25, -0.2) is 14.2 Å². The topological polar surface area (TPSA) is 107 Å². The van der Waals surface area contributed by atoms with Crippen molar-refractivity contribution < 1.29 is 41.9 Å². The third kappa shape index (κ3) is 7.66. The molecule has 1 aliphatic heterocycles. The first-order chi connectivity index (χ1) is 20.4. The lowest BCUT2D eigenvalue weighted by Gasteiger charge is -2.27. The number of alkyl halides is 1. The van der Waals surface area contributed by atoms with E-state index in [1.54, 1.807) is 121 Å². The molecule has 0 aliphatic carbocycles. The normalized spacial score (nSPS) is 19.9. The monoisotopic (exact) mass is 652 g/mol. The summed E-state index contributed by atoms with van der Waals surface area (Å²) >= 11 is 3.40. The second kappa shape index (κ2) is 13.8. The van der Waals surface area contributed by atoms with E-state index in [2.05, 4.69) is 15.9 Å². The van der Waals surface area contributed by atoms with Gasteiger partial charge in [0.2, 0.25) is 0 Å². The minimum absolute atomic E-state index is 0.230. The summed E-state index contributed by atoms with van der Waals surface area (Å²) in [5, 5.41) is -0.946. The predicted molar refractivity (Wildman–Crippen MR) is 157 cm³/mol. The number of hydrogen-bond donors (Lipinski definition) is 0. The lowest BCUT2D eigenvalue weighted by atomic mass is 10.1. The Balaban J connectivity index is 1.41. The summed E-state index contributed by atoms with van der Waals surface area (Å²) in [6, 6.07) is 33.5. The number of rotatable bonds is 11. The number of benzene rings is 4. The van der Waals surface area contributed by atoms with E-state index in [9.17, 15) is 14.2 Å². The summed E-state index contributed by atoms with van der Waals surface area (Å²) in [5.41, 5.74) is 0.618. The lowest BCUT2D eigenvalue weighted by molar-refractivity contribution is -0.0383. The summed E-state index contributed by atoms with van der Waals surface area (Å²) < 4.78 is 48.9. The van der Waals surface area contributed by atoms with Crippen molar-refractivity contribution in [2.45, 2.75) is 23.3 Å². The molecule has 1 aliphatic rings. The zero-order valence-electron chi connectivity index (χ0n) is 22.1. The number of ether oxygens (including phenoxy) is 3. The standard InChI is InChI=1S/C31H26BrO9P/c32-29-28(41-42(35,39-24-17-9-3-10-18-24)40-25-19-11-4-12-20-25)27(38-31(34)23-15-7-2-8-16-23)26(37-29)21-36-30(33)22-13-5-1-6-14-22/h1-20,26-29H,21H2/t26-,27-,28-,29+/m1/s1. The largest absolute Gasteiger partial charge is 0.588 e. The molecular formula is C31H26BrO9P. The summed E-state index contributed by atoms with van der Waals surface area (Å²) in [7, 11) is -4.42. The van der Waals surface area contributed by atoms with Gasteiger partial charge in [0.15, 0.2) is 6.10 Å². The van der Waals surface area contributed by atoms with Crippen molar-refractivity contribution in [1.82, 2.24) is 0 Å². The molecule has 216 valence electrons. The quantitative estimate of drug-likeness (QED) is 0.0977. The van der Waals surface area contributed by atoms with Crippen molar-refractivity contribution in [3.63, 3.8) is 0 Å². The van der Waals surface area contributed by atoms with Crippen LogP contribution >= 0.6 is 23.8 Å². The molecule has 9 nitrogen and oxygen atoms in total. The molecule has 42 heavy (non-hydrogen) atoms. The number of carbonyl (C=O) groups excluding carboxylic acids is 2. The summed E-state index contributed by atoms with van der Waals surface area (Å²) in [4.78, 5) is 25.8. The van der Waals surface area contributed by atoms with Crippen molar-refractivity contribution in [1.29, 1.82) is 0 Å². The Morgan fingerprint density at radius 3 is 1.62 bits per heavy atom. The molecule has 1 fully saturated rings. The minimum Gasteiger partial charge on any atom is -0.459 e. The summed E-state index contributed by atoms with van der Waals surface area (Å²) in [6.07, 6.45) is -3.37. The number of esters is 2. The number of phosphoric acid groups is 1. The maximum atomic E-state index is 14.1. The van der Waals surface area contributed by atoms with Crippen molar-refractivity contribution in [2.75, 3.05) is 6.61 Å². The van der Waals surface area contributed by atoms with E-state index < -0.39 is 43.1 Å². The van der Waals surface area contributed by atoms with E-state index in [-0.39, 0.29) is 23.7 Å². The van der Waals surface area contributed by atoms with Crippen LogP contribution in [-0.4, -0.2) is 41.9 Å². The van der Waals surface area contributed by atoms with Gasteiger partial charge in [-0.3, -0.25) is 4.52 Å². The van der Waals surface area contributed by atoms with Gasteiger partial charge in [0.1, 0.15) is 35.3 Å². The molecular weight excluding hydrogens is 627 g/mol. The van der Waals surface area contributed by atoms with Crippen LogP contribution in [0.15, 0.2) is 121 Å². The number of halogens is 1. The molecule has 4 aromatic carbocycles. The average molecular weight is 653 g/mol. The van der Waals surface area contributed by atoms with Crippen LogP contribution in [-0.2, 0) is 23.3 Å². The van der Waals surface area contributed by atoms with Crippen molar-refractivity contribution in [2.24, 2.45) is 0 Å².